The summed E-state index contributed by atoms with van der Waals surface area (Å²) in [5, 5.41) is 6.23. The molecule has 1 unspecified atom stereocenters. The fourth-order valence-corrected chi connectivity index (χ4v) is 3.16. The number of anilines is 1. The molecule has 2 aromatic rings. The Hall–Kier alpha value is -2.57. The van der Waals surface area contributed by atoms with E-state index in [1.165, 1.54) is 0 Å². The van der Waals surface area contributed by atoms with E-state index in [0.717, 1.165) is 25.0 Å². The summed E-state index contributed by atoms with van der Waals surface area (Å²) in [6, 6.07) is 11.9. The number of rotatable bonds is 7. The molecule has 0 spiro atoms. The summed E-state index contributed by atoms with van der Waals surface area (Å²) >= 11 is 5.91. The first-order chi connectivity index (χ1) is 13.5. The molecule has 1 saturated heterocycles. The second-order valence-corrected chi connectivity index (χ2v) is 7.11. The van der Waals surface area contributed by atoms with Crippen molar-refractivity contribution < 1.29 is 19.1 Å². The predicted molar refractivity (Wildman–Crippen MR) is 108 cm³/mol. The summed E-state index contributed by atoms with van der Waals surface area (Å²) in [6.07, 6.45) is 2.12. The quantitative estimate of drug-likeness (QED) is 0.742. The molecular formula is C21H23ClN2O4. The third-order valence-corrected chi connectivity index (χ3v) is 4.68. The Morgan fingerprint density at radius 2 is 2.00 bits per heavy atom. The molecular weight excluding hydrogens is 380 g/mol. The van der Waals surface area contributed by atoms with E-state index in [4.69, 9.17) is 21.1 Å². The minimum absolute atomic E-state index is 0.104. The van der Waals surface area contributed by atoms with Gasteiger partial charge in [-0.05, 0) is 67.8 Å². The first-order valence-electron chi connectivity index (χ1n) is 9.20. The average molecular weight is 403 g/mol. The van der Waals surface area contributed by atoms with Gasteiger partial charge >= 0.3 is 0 Å². The first-order valence-corrected chi connectivity index (χ1v) is 9.58. The van der Waals surface area contributed by atoms with Crippen LogP contribution in [0, 0.1) is 6.92 Å². The van der Waals surface area contributed by atoms with Crippen LogP contribution in [0.25, 0.3) is 0 Å². The molecule has 0 aliphatic carbocycles. The fraction of sp³-hybridized carbons (Fsp3) is 0.333. The van der Waals surface area contributed by atoms with Crippen molar-refractivity contribution in [2.45, 2.75) is 25.9 Å². The molecule has 0 aromatic heterocycles. The molecule has 1 heterocycles. The lowest BCUT2D eigenvalue weighted by atomic mass is 10.2. The van der Waals surface area contributed by atoms with Crippen molar-refractivity contribution >= 4 is 29.1 Å². The number of amides is 2. The second-order valence-electron chi connectivity index (χ2n) is 6.67. The fourth-order valence-electron chi connectivity index (χ4n) is 2.93. The zero-order chi connectivity index (χ0) is 19.9. The molecule has 0 saturated carbocycles. The van der Waals surface area contributed by atoms with Gasteiger partial charge in [0, 0.05) is 29.4 Å². The lowest BCUT2D eigenvalue weighted by molar-refractivity contribution is -0.118. The molecule has 1 aliphatic heterocycles. The third-order valence-electron chi connectivity index (χ3n) is 4.44. The molecule has 1 atom stereocenters. The number of benzene rings is 2. The molecule has 1 aliphatic rings. The normalized spacial score (nSPS) is 15.9. The van der Waals surface area contributed by atoms with Gasteiger partial charge in [-0.2, -0.15) is 0 Å². The van der Waals surface area contributed by atoms with E-state index in [-0.39, 0.29) is 24.5 Å². The first kappa shape index (κ1) is 20.2. The highest BCUT2D eigenvalue weighted by Crippen LogP contribution is 2.21. The van der Waals surface area contributed by atoms with Crippen LogP contribution in [0.2, 0.25) is 5.02 Å². The molecule has 0 radical (unpaired) electrons. The molecule has 2 N–H and O–H groups in total. The van der Waals surface area contributed by atoms with Gasteiger partial charge in [-0.15, -0.1) is 0 Å². The summed E-state index contributed by atoms with van der Waals surface area (Å²) < 4.78 is 11.0. The Kier molecular flexibility index (Phi) is 6.90. The molecule has 28 heavy (non-hydrogen) atoms. The van der Waals surface area contributed by atoms with Crippen molar-refractivity contribution in [3.8, 4) is 5.75 Å². The maximum atomic E-state index is 12.2. The van der Waals surface area contributed by atoms with Gasteiger partial charge in [0.05, 0.1) is 6.10 Å². The Labute approximate surface area is 169 Å². The molecule has 7 heteroatoms. The molecule has 2 aromatic carbocycles. The van der Waals surface area contributed by atoms with Crippen LogP contribution in [0.3, 0.4) is 0 Å². The molecule has 3 rings (SSSR count). The van der Waals surface area contributed by atoms with Crippen molar-refractivity contribution in [1.29, 1.82) is 0 Å². The maximum Gasteiger partial charge on any atom is 0.262 e. The monoisotopic (exact) mass is 402 g/mol. The summed E-state index contributed by atoms with van der Waals surface area (Å²) in [5.74, 6) is 0.165. The zero-order valence-corrected chi connectivity index (χ0v) is 16.4. The van der Waals surface area contributed by atoms with Crippen molar-refractivity contribution in [2.75, 3.05) is 25.1 Å². The zero-order valence-electron chi connectivity index (χ0n) is 15.7. The predicted octanol–water partition coefficient (Wildman–Crippen LogP) is 3.57. The topological polar surface area (TPSA) is 76.7 Å². The van der Waals surface area contributed by atoms with Gasteiger partial charge in [-0.3, -0.25) is 9.59 Å². The minimum atomic E-state index is -0.287. The minimum Gasteiger partial charge on any atom is -0.483 e. The van der Waals surface area contributed by atoms with Gasteiger partial charge in [0.15, 0.2) is 6.61 Å². The number of halogens is 1. The van der Waals surface area contributed by atoms with Crippen LogP contribution >= 0.6 is 11.6 Å². The van der Waals surface area contributed by atoms with E-state index in [1.807, 2.05) is 6.92 Å². The lowest BCUT2D eigenvalue weighted by Crippen LogP contribution is -2.31. The molecule has 0 bridgehead atoms. The number of hydrogen-bond acceptors (Lipinski definition) is 4. The third kappa shape index (κ3) is 5.71. The smallest absolute Gasteiger partial charge is 0.262 e. The lowest BCUT2D eigenvalue weighted by Gasteiger charge is -2.12. The molecule has 6 nitrogen and oxygen atoms in total. The van der Waals surface area contributed by atoms with Gasteiger partial charge in [-0.1, -0.05) is 11.6 Å². The Balaban J connectivity index is 1.46. The molecule has 148 valence electrons. The van der Waals surface area contributed by atoms with E-state index in [2.05, 4.69) is 10.6 Å². The van der Waals surface area contributed by atoms with Crippen LogP contribution in [0.1, 0.15) is 28.8 Å². The molecule has 2 amide bonds. The summed E-state index contributed by atoms with van der Waals surface area (Å²) in [6.45, 7) is 3.02. The number of hydrogen-bond donors (Lipinski definition) is 2. The number of ether oxygens (including phenoxy) is 2. The number of aryl methyl sites for hydroxylation is 1. The number of carbonyl (C=O) groups excluding carboxylic acids is 2. The van der Waals surface area contributed by atoms with Gasteiger partial charge in [0.2, 0.25) is 0 Å². The van der Waals surface area contributed by atoms with Crippen molar-refractivity contribution in [3.05, 3.63) is 58.6 Å². The summed E-state index contributed by atoms with van der Waals surface area (Å²) in [5.41, 5.74) is 1.99. The van der Waals surface area contributed by atoms with Gasteiger partial charge in [0.25, 0.3) is 11.8 Å². The van der Waals surface area contributed by atoms with Crippen LogP contribution < -0.4 is 15.4 Å². The van der Waals surface area contributed by atoms with E-state index in [9.17, 15) is 9.59 Å². The Morgan fingerprint density at radius 1 is 1.21 bits per heavy atom. The van der Waals surface area contributed by atoms with Crippen LogP contribution in [0.4, 0.5) is 5.69 Å². The van der Waals surface area contributed by atoms with E-state index in [0.29, 0.717) is 28.6 Å². The standard InChI is InChI=1S/C21H23ClN2O4/c1-14-11-16(22)6-9-19(14)28-13-20(25)24-17-7-4-15(5-8-17)21(26)23-12-18-3-2-10-27-18/h4-9,11,18H,2-3,10,12-13H2,1H3,(H,23,26)(H,24,25). The summed E-state index contributed by atoms with van der Waals surface area (Å²) in [7, 11) is 0. The average Bonchev–Trinajstić information content (AvgIpc) is 3.19. The number of nitrogens with one attached hydrogen (secondary N) is 2. The van der Waals surface area contributed by atoms with E-state index < -0.39 is 0 Å². The van der Waals surface area contributed by atoms with Crippen molar-refractivity contribution in [1.82, 2.24) is 5.32 Å². The maximum absolute atomic E-state index is 12.2. The SMILES string of the molecule is Cc1cc(Cl)ccc1OCC(=O)Nc1ccc(C(=O)NCC2CCCO2)cc1. The highest BCUT2D eigenvalue weighted by atomic mass is 35.5. The second kappa shape index (κ2) is 9.57. The number of carbonyl (C=O) groups is 2. The highest BCUT2D eigenvalue weighted by Gasteiger charge is 2.16. The van der Waals surface area contributed by atoms with Crippen molar-refractivity contribution in [2.24, 2.45) is 0 Å². The van der Waals surface area contributed by atoms with Crippen LogP contribution in [0.5, 0.6) is 5.75 Å². The molecule has 1 fully saturated rings. The van der Waals surface area contributed by atoms with Crippen LogP contribution in [-0.2, 0) is 9.53 Å². The largest absolute Gasteiger partial charge is 0.483 e. The van der Waals surface area contributed by atoms with Crippen LogP contribution in [-0.4, -0.2) is 37.7 Å². The summed E-state index contributed by atoms with van der Waals surface area (Å²) in [4.78, 5) is 24.2. The van der Waals surface area contributed by atoms with E-state index >= 15 is 0 Å². The Bertz CT molecular complexity index is 833. The van der Waals surface area contributed by atoms with E-state index in [1.54, 1.807) is 42.5 Å². The van der Waals surface area contributed by atoms with Gasteiger partial charge in [-0.25, -0.2) is 0 Å². The van der Waals surface area contributed by atoms with Crippen LogP contribution in [0.15, 0.2) is 42.5 Å². The van der Waals surface area contributed by atoms with Gasteiger partial charge < -0.3 is 20.1 Å². The highest BCUT2D eigenvalue weighted by molar-refractivity contribution is 6.30. The van der Waals surface area contributed by atoms with Gasteiger partial charge in [0.1, 0.15) is 5.75 Å². The van der Waals surface area contributed by atoms with Crippen molar-refractivity contribution in [3.63, 3.8) is 0 Å². The Morgan fingerprint density at radius 3 is 2.68 bits per heavy atom.